The van der Waals surface area contributed by atoms with Crippen molar-refractivity contribution in [2.45, 2.75) is 12.8 Å². The monoisotopic (exact) mass is 393 g/mol. The van der Waals surface area contributed by atoms with Gasteiger partial charge in [0.1, 0.15) is 5.75 Å². The summed E-state index contributed by atoms with van der Waals surface area (Å²) in [5.41, 5.74) is 5.56. The van der Waals surface area contributed by atoms with Crippen LogP contribution in [0.3, 0.4) is 0 Å². The van der Waals surface area contributed by atoms with Crippen LogP contribution in [0.2, 0.25) is 5.02 Å². The maximum Gasteiger partial charge on any atom is 0.137 e. The van der Waals surface area contributed by atoms with Crippen LogP contribution in [0.4, 0.5) is 0 Å². The van der Waals surface area contributed by atoms with Crippen LogP contribution >= 0.6 is 11.6 Å². The van der Waals surface area contributed by atoms with Crippen LogP contribution in [-0.2, 0) is 0 Å². The summed E-state index contributed by atoms with van der Waals surface area (Å²) in [5.74, 6) is 0.710. The van der Waals surface area contributed by atoms with E-state index in [9.17, 15) is 5.11 Å². The number of nitrogens with one attached hydrogen (secondary N) is 1. The summed E-state index contributed by atoms with van der Waals surface area (Å²) in [5, 5.41) is 11.0. The molecule has 0 fully saturated rings. The highest BCUT2D eigenvalue weighted by molar-refractivity contribution is 6.34. The van der Waals surface area contributed by atoms with E-state index in [0.717, 1.165) is 39.0 Å². The van der Waals surface area contributed by atoms with Crippen molar-refractivity contribution in [1.82, 2.24) is 15.0 Å². The van der Waals surface area contributed by atoms with Gasteiger partial charge in [0.25, 0.3) is 0 Å². The Morgan fingerprint density at radius 1 is 1.11 bits per heavy atom. The largest absolute Gasteiger partial charge is 0.495 e. The predicted octanol–water partition coefficient (Wildman–Crippen LogP) is 5.05. The average molecular weight is 394 g/mol. The van der Waals surface area contributed by atoms with E-state index < -0.39 is 0 Å². The number of ether oxygens (including phenoxy) is 1. The first kappa shape index (κ1) is 18.5. The number of fused-ring (bicyclic) bond motifs is 1. The number of aliphatic hydroxyl groups is 1. The lowest BCUT2D eigenvalue weighted by Gasteiger charge is -2.07. The Balaban J connectivity index is 1.73. The molecule has 0 aliphatic carbocycles. The minimum Gasteiger partial charge on any atom is -0.495 e. The van der Waals surface area contributed by atoms with Crippen molar-refractivity contribution in [2.24, 2.45) is 0 Å². The third kappa shape index (κ3) is 3.46. The molecule has 1 atom stereocenters. The van der Waals surface area contributed by atoms with Crippen molar-refractivity contribution in [1.29, 1.82) is 0 Å². The Morgan fingerprint density at radius 2 is 1.96 bits per heavy atom. The molecular weight excluding hydrogens is 374 g/mol. The molecule has 3 aromatic heterocycles. The quantitative estimate of drug-likeness (QED) is 0.497. The van der Waals surface area contributed by atoms with Gasteiger partial charge in [-0.15, -0.1) is 0 Å². The lowest BCUT2D eigenvalue weighted by Crippen LogP contribution is -2.01. The lowest BCUT2D eigenvalue weighted by atomic mass is 10.0. The molecule has 4 rings (SSSR count). The number of pyridine rings is 2. The highest BCUT2D eigenvalue weighted by Gasteiger charge is 2.11. The van der Waals surface area contributed by atoms with E-state index in [1.807, 2.05) is 43.5 Å². The Bertz CT molecular complexity index is 1120. The Kier molecular flexibility index (Phi) is 5.03. The first-order valence-electron chi connectivity index (χ1n) is 8.98. The fourth-order valence-electron chi connectivity index (χ4n) is 3.16. The van der Waals surface area contributed by atoms with Gasteiger partial charge in [0.2, 0.25) is 0 Å². The van der Waals surface area contributed by atoms with E-state index in [4.69, 9.17) is 16.3 Å². The molecule has 0 aliphatic heterocycles. The van der Waals surface area contributed by atoms with Crippen LogP contribution in [0, 0.1) is 0 Å². The number of aromatic nitrogens is 3. The van der Waals surface area contributed by atoms with Crippen LogP contribution in [0.5, 0.6) is 5.75 Å². The van der Waals surface area contributed by atoms with Crippen LogP contribution in [0.1, 0.15) is 18.5 Å². The maximum absolute atomic E-state index is 9.28. The van der Waals surface area contributed by atoms with Crippen molar-refractivity contribution >= 4 is 22.5 Å². The number of benzene rings is 1. The van der Waals surface area contributed by atoms with E-state index in [0.29, 0.717) is 10.8 Å². The molecule has 0 bridgehead atoms. The van der Waals surface area contributed by atoms with Gasteiger partial charge in [-0.1, -0.05) is 18.5 Å². The summed E-state index contributed by atoms with van der Waals surface area (Å²) < 4.78 is 5.27. The number of H-pyrrole nitrogens is 1. The van der Waals surface area contributed by atoms with Crippen molar-refractivity contribution < 1.29 is 9.84 Å². The van der Waals surface area contributed by atoms with Crippen molar-refractivity contribution in [2.75, 3.05) is 13.7 Å². The molecule has 0 saturated heterocycles. The van der Waals surface area contributed by atoms with Crippen molar-refractivity contribution in [3.8, 4) is 28.1 Å². The molecule has 0 aliphatic rings. The zero-order chi connectivity index (χ0) is 19.7. The zero-order valence-corrected chi connectivity index (χ0v) is 16.4. The minimum atomic E-state index is 0.0228. The molecule has 2 N–H and O–H groups in total. The summed E-state index contributed by atoms with van der Waals surface area (Å²) in [4.78, 5) is 12.1. The SMILES string of the molecule is COc1cncc(-c2cc3cc(-c4ccc(C(C)CO)nc4)[nH]c3cc2Cl)c1. The van der Waals surface area contributed by atoms with Gasteiger partial charge in [-0.05, 0) is 36.4 Å². The molecule has 0 radical (unpaired) electrons. The molecule has 0 spiro atoms. The smallest absolute Gasteiger partial charge is 0.137 e. The number of aliphatic hydroxyl groups excluding tert-OH is 1. The molecule has 0 saturated carbocycles. The first-order chi connectivity index (χ1) is 13.6. The molecule has 1 unspecified atom stereocenters. The number of hydrogen-bond donors (Lipinski definition) is 2. The van der Waals surface area contributed by atoms with Crippen molar-refractivity contribution in [3.63, 3.8) is 0 Å². The van der Waals surface area contributed by atoms with Gasteiger partial charge in [-0.2, -0.15) is 0 Å². The molecule has 1 aromatic carbocycles. The number of aromatic amines is 1. The third-order valence-electron chi connectivity index (χ3n) is 4.84. The van der Waals surface area contributed by atoms with Crippen LogP contribution in [-0.4, -0.2) is 33.8 Å². The van der Waals surface area contributed by atoms with Gasteiger partial charge in [0.05, 0.1) is 24.9 Å². The van der Waals surface area contributed by atoms with Gasteiger partial charge < -0.3 is 14.8 Å². The number of halogens is 1. The molecule has 28 heavy (non-hydrogen) atoms. The molecule has 5 nitrogen and oxygen atoms in total. The van der Waals surface area contributed by atoms with Gasteiger partial charge in [0.15, 0.2) is 0 Å². The highest BCUT2D eigenvalue weighted by Crippen LogP contribution is 2.35. The second-order valence-electron chi connectivity index (χ2n) is 6.77. The summed E-state index contributed by atoms with van der Waals surface area (Å²) in [6.45, 7) is 2.03. The third-order valence-corrected chi connectivity index (χ3v) is 5.16. The fourth-order valence-corrected chi connectivity index (χ4v) is 3.43. The second-order valence-corrected chi connectivity index (χ2v) is 7.18. The Hall–Kier alpha value is -2.89. The Labute approximate surface area is 168 Å². The van der Waals surface area contributed by atoms with E-state index in [-0.39, 0.29) is 12.5 Å². The zero-order valence-electron chi connectivity index (χ0n) is 15.6. The lowest BCUT2D eigenvalue weighted by molar-refractivity contribution is 0.271. The van der Waals surface area contributed by atoms with Gasteiger partial charge >= 0.3 is 0 Å². The van der Waals surface area contributed by atoms with E-state index in [2.05, 4.69) is 21.0 Å². The number of methoxy groups -OCH3 is 1. The second kappa shape index (κ2) is 7.62. The maximum atomic E-state index is 9.28. The van der Waals surface area contributed by atoms with Gasteiger partial charge in [-0.25, -0.2) is 0 Å². The number of nitrogens with zero attached hydrogens (tertiary/aromatic N) is 2. The molecule has 6 heteroatoms. The summed E-state index contributed by atoms with van der Waals surface area (Å²) >= 11 is 6.54. The number of hydrogen-bond acceptors (Lipinski definition) is 4. The first-order valence-corrected chi connectivity index (χ1v) is 9.35. The van der Waals surface area contributed by atoms with E-state index >= 15 is 0 Å². The van der Waals surface area contributed by atoms with E-state index in [1.54, 1.807) is 19.5 Å². The molecule has 4 aromatic rings. The van der Waals surface area contributed by atoms with E-state index in [1.165, 1.54) is 0 Å². The Morgan fingerprint density at radius 3 is 2.68 bits per heavy atom. The molecule has 142 valence electrons. The van der Waals surface area contributed by atoms with Crippen LogP contribution in [0.15, 0.2) is 55.0 Å². The van der Waals surface area contributed by atoms with Crippen LogP contribution in [0.25, 0.3) is 33.3 Å². The topological polar surface area (TPSA) is 71.0 Å². The molecule has 3 heterocycles. The summed E-state index contributed by atoms with van der Waals surface area (Å²) in [6, 6.07) is 11.9. The number of rotatable bonds is 5. The highest BCUT2D eigenvalue weighted by atomic mass is 35.5. The van der Waals surface area contributed by atoms with Crippen LogP contribution < -0.4 is 4.74 Å². The summed E-state index contributed by atoms with van der Waals surface area (Å²) in [6.07, 6.45) is 5.26. The summed E-state index contributed by atoms with van der Waals surface area (Å²) in [7, 11) is 1.62. The van der Waals surface area contributed by atoms with Gasteiger partial charge in [0, 0.05) is 57.3 Å². The molecular formula is C22H20ClN3O2. The van der Waals surface area contributed by atoms with Gasteiger partial charge in [-0.3, -0.25) is 9.97 Å². The standard InChI is InChI=1S/C22H20ClN3O2/c1-13(12-27)20-4-3-14(10-25-20)21-7-15-6-18(19(23)8-22(15)26-21)16-5-17(28-2)11-24-9-16/h3-11,13,26-27H,12H2,1-2H3. The predicted molar refractivity (Wildman–Crippen MR) is 112 cm³/mol. The molecule has 0 amide bonds. The normalized spacial score (nSPS) is 12.3. The van der Waals surface area contributed by atoms with Crippen molar-refractivity contribution in [3.05, 3.63) is 65.7 Å². The average Bonchev–Trinajstić information content (AvgIpc) is 3.15. The minimum absolute atomic E-state index is 0.0228. The fraction of sp³-hybridized carbons (Fsp3) is 0.182.